The monoisotopic (exact) mass is 597 g/mol. The molecule has 2 aromatic rings. The lowest BCUT2D eigenvalue weighted by molar-refractivity contribution is -0.224. The summed E-state index contributed by atoms with van der Waals surface area (Å²) in [5, 5.41) is 25.0. The Morgan fingerprint density at radius 3 is 2.67 bits per heavy atom. The second-order valence-electron chi connectivity index (χ2n) is 11.7. The topological polar surface area (TPSA) is 141 Å². The summed E-state index contributed by atoms with van der Waals surface area (Å²) in [6.07, 6.45) is 6.53. The van der Waals surface area contributed by atoms with E-state index in [1.54, 1.807) is 7.11 Å². The molecule has 1 aliphatic carbocycles. The molecule has 1 amide bonds. The molecular formula is C32H43N3O8. The van der Waals surface area contributed by atoms with Crippen LogP contribution in [0.1, 0.15) is 51.5 Å². The number of carbonyl (C=O) groups excluding carboxylic acids is 2. The van der Waals surface area contributed by atoms with E-state index in [9.17, 15) is 19.8 Å². The molecule has 0 bridgehead atoms. The van der Waals surface area contributed by atoms with Gasteiger partial charge in [-0.1, -0.05) is 19.1 Å². The van der Waals surface area contributed by atoms with Crippen LogP contribution >= 0.6 is 0 Å². The highest BCUT2D eigenvalue weighted by Gasteiger charge is 2.49. The number of benzene rings is 1. The van der Waals surface area contributed by atoms with E-state index in [4.69, 9.17) is 18.9 Å². The molecule has 8 atom stereocenters. The van der Waals surface area contributed by atoms with Crippen LogP contribution < -0.4 is 10.1 Å². The van der Waals surface area contributed by atoms with E-state index in [0.717, 1.165) is 54.4 Å². The fourth-order valence-corrected chi connectivity index (χ4v) is 6.77. The Morgan fingerprint density at radius 2 is 1.95 bits per heavy atom. The van der Waals surface area contributed by atoms with Crippen molar-refractivity contribution in [3.63, 3.8) is 0 Å². The van der Waals surface area contributed by atoms with Gasteiger partial charge in [-0.2, -0.15) is 0 Å². The summed E-state index contributed by atoms with van der Waals surface area (Å²) in [4.78, 5) is 28.3. The lowest BCUT2D eigenvalue weighted by atomic mass is 9.84. The number of ether oxygens (including phenoxy) is 4. The number of aliphatic hydroxyl groups excluding tert-OH is 2. The molecule has 3 aliphatic rings. The van der Waals surface area contributed by atoms with E-state index >= 15 is 0 Å². The number of nitrogens with one attached hydrogen (secondary N) is 1. The Kier molecular flexibility index (Phi) is 9.73. The first-order chi connectivity index (χ1) is 20.7. The van der Waals surface area contributed by atoms with Gasteiger partial charge in [0, 0.05) is 44.1 Å². The van der Waals surface area contributed by atoms with Crippen molar-refractivity contribution in [1.82, 2.24) is 9.88 Å². The third-order valence-electron chi connectivity index (χ3n) is 9.05. The van der Waals surface area contributed by atoms with Gasteiger partial charge in [0.15, 0.2) is 0 Å². The Hall–Kier alpha value is -3.41. The van der Waals surface area contributed by atoms with Gasteiger partial charge in [-0.25, -0.2) is 4.99 Å². The summed E-state index contributed by atoms with van der Waals surface area (Å²) in [5.41, 5.74) is 1.71. The number of hydrogen-bond acceptors (Lipinski definition) is 9. The molecule has 0 spiro atoms. The minimum atomic E-state index is -1.23. The molecule has 11 heteroatoms. The summed E-state index contributed by atoms with van der Waals surface area (Å²) in [6, 6.07) is 5.04. The number of carbonyl (C=O) groups is 2. The maximum atomic E-state index is 12.2. The average Bonchev–Trinajstić information content (AvgIpc) is 3.70. The van der Waals surface area contributed by atoms with E-state index in [2.05, 4.69) is 34.0 Å². The van der Waals surface area contributed by atoms with Gasteiger partial charge in [0.1, 0.15) is 30.1 Å². The lowest BCUT2D eigenvalue weighted by Gasteiger charge is -2.37. The van der Waals surface area contributed by atoms with Gasteiger partial charge < -0.3 is 39.0 Å². The molecule has 2 aliphatic heterocycles. The highest BCUT2D eigenvalue weighted by Crippen LogP contribution is 2.43. The van der Waals surface area contributed by atoms with Crippen LogP contribution in [0.2, 0.25) is 0 Å². The number of aromatic nitrogens is 1. The van der Waals surface area contributed by atoms with Gasteiger partial charge in [-0.05, 0) is 55.6 Å². The van der Waals surface area contributed by atoms with Gasteiger partial charge in [0.25, 0.3) is 0 Å². The molecule has 0 radical (unpaired) electrons. The van der Waals surface area contributed by atoms with Gasteiger partial charge in [0.2, 0.25) is 18.1 Å². The number of fused-ring (bicyclic) bond motifs is 2. The second-order valence-corrected chi connectivity index (χ2v) is 11.7. The van der Waals surface area contributed by atoms with Crippen LogP contribution in [0.15, 0.2) is 41.5 Å². The largest absolute Gasteiger partial charge is 0.497 e. The van der Waals surface area contributed by atoms with E-state index in [1.165, 1.54) is 14.0 Å². The number of allylic oxidation sites excluding steroid dienone is 2. The maximum absolute atomic E-state index is 12.2. The van der Waals surface area contributed by atoms with Crippen LogP contribution in [0.5, 0.6) is 5.75 Å². The molecule has 1 aromatic carbocycles. The third-order valence-corrected chi connectivity index (χ3v) is 9.05. The summed E-state index contributed by atoms with van der Waals surface area (Å²) in [6.45, 7) is 4.28. The fraction of sp³-hybridized carbons (Fsp3) is 0.594. The van der Waals surface area contributed by atoms with Crippen molar-refractivity contribution in [2.24, 2.45) is 22.7 Å². The Balaban J connectivity index is 1.43. The van der Waals surface area contributed by atoms with Crippen molar-refractivity contribution in [3.8, 4) is 5.75 Å². The molecule has 1 saturated heterocycles. The van der Waals surface area contributed by atoms with Crippen molar-refractivity contribution in [3.05, 3.63) is 42.1 Å². The summed E-state index contributed by atoms with van der Waals surface area (Å²) in [7, 11) is 3.08. The summed E-state index contributed by atoms with van der Waals surface area (Å²) < 4.78 is 24.8. The van der Waals surface area contributed by atoms with Gasteiger partial charge >= 0.3 is 5.97 Å². The Morgan fingerprint density at radius 1 is 1.16 bits per heavy atom. The number of aliphatic imine (C=N–C) groups is 1. The van der Waals surface area contributed by atoms with E-state index in [1.807, 2.05) is 24.4 Å². The highest BCUT2D eigenvalue weighted by atomic mass is 16.7. The summed E-state index contributed by atoms with van der Waals surface area (Å²) >= 11 is 0. The maximum Gasteiger partial charge on any atom is 0.305 e. The van der Waals surface area contributed by atoms with Crippen molar-refractivity contribution in [1.29, 1.82) is 0 Å². The minimum Gasteiger partial charge on any atom is -0.497 e. The quantitative estimate of drug-likeness (QED) is 0.265. The molecule has 2 fully saturated rings. The smallest absolute Gasteiger partial charge is 0.305 e. The number of methoxy groups -OCH3 is 2. The average molecular weight is 598 g/mol. The van der Waals surface area contributed by atoms with Crippen LogP contribution in [0.25, 0.3) is 10.9 Å². The number of nitrogens with zero attached hydrogens (tertiary/aromatic N) is 2. The molecule has 3 heterocycles. The molecule has 1 aromatic heterocycles. The molecule has 234 valence electrons. The van der Waals surface area contributed by atoms with Crippen LogP contribution in [0.3, 0.4) is 0 Å². The summed E-state index contributed by atoms with van der Waals surface area (Å²) in [5.74, 6) is 1.56. The molecule has 8 unspecified atom stereocenters. The Bertz CT molecular complexity index is 1370. The van der Waals surface area contributed by atoms with Gasteiger partial charge in [0.05, 0.1) is 25.3 Å². The van der Waals surface area contributed by atoms with E-state index in [-0.39, 0.29) is 24.3 Å². The van der Waals surface area contributed by atoms with Crippen LogP contribution in [0.4, 0.5) is 0 Å². The number of esters is 1. The predicted molar refractivity (Wildman–Crippen MR) is 160 cm³/mol. The highest BCUT2D eigenvalue weighted by molar-refractivity contribution is 6.08. The van der Waals surface area contributed by atoms with Crippen molar-refractivity contribution < 1.29 is 38.7 Å². The van der Waals surface area contributed by atoms with Crippen LogP contribution in [0, 0.1) is 17.8 Å². The molecule has 3 N–H and O–H groups in total. The second kappa shape index (κ2) is 13.5. The molecule has 11 nitrogen and oxygen atoms in total. The van der Waals surface area contributed by atoms with Crippen molar-refractivity contribution >= 4 is 28.7 Å². The Labute approximate surface area is 251 Å². The minimum absolute atomic E-state index is 0.0432. The lowest BCUT2D eigenvalue weighted by Crippen LogP contribution is -2.58. The molecule has 5 rings (SSSR count). The van der Waals surface area contributed by atoms with Gasteiger partial charge in [-0.3, -0.25) is 9.59 Å². The van der Waals surface area contributed by atoms with Crippen LogP contribution in [-0.2, 0) is 30.3 Å². The van der Waals surface area contributed by atoms with E-state index < -0.39 is 30.6 Å². The SMILES string of the molecule is CC/C=C\CC1C(CC(=O)OC)CCC1Cn1cc(C2=NC3C(O2)OC(CNC(C)=O)C(O)C3O)c2ccc(OC)cc21. The van der Waals surface area contributed by atoms with Crippen LogP contribution in [-0.4, -0.2) is 84.0 Å². The molecule has 43 heavy (non-hydrogen) atoms. The number of rotatable bonds is 11. The number of aliphatic hydroxyl groups is 2. The third kappa shape index (κ3) is 6.58. The van der Waals surface area contributed by atoms with Crippen molar-refractivity contribution in [2.45, 2.75) is 83.1 Å². The standard InChI is InChI=1S/C32H43N3O8/c1-5-6-7-8-22-19(13-27(37)41-4)9-10-20(22)16-35-17-24(23-12-11-21(40-3)14-25(23)35)31-34-28-30(39)29(38)26(15-33-18(2)36)42-32(28)43-31/h6-7,11-12,14,17,19-20,22,26,28-30,32,38-39H,5,8-10,13,15-16H2,1-4H3,(H,33,36)/b7-6-. The zero-order chi connectivity index (χ0) is 30.7. The molecular weight excluding hydrogens is 554 g/mol. The number of hydrogen-bond donors (Lipinski definition) is 3. The molecule has 1 saturated carbocycles. The number of amides is 1. The first kappa shape index (κ1) is 31.0. The van der Waals surface area contributed by atoms with Crippen molar-refractivity contribution in [2.75, 3.05) is 20.8 Å². The zero-order valence-corrected chi connectivity index (χ0v) is 25.3. The van der Waals surface area contributed by atoms with Gasteiger partial charge in [-0.15, -0.1) is 0 Å². The zero-order valence-electron chi connectivity index (χ0n) is 25.3. The predicted octanol–water partition coefficient (Wildman–Crippen LogP) is 2.94. The first-order valence-corrected chi connectivity index (χ1v) is 15.1. The normalized spacial score (nSPS) is 30.2. The first-order valence-electron chi connectivity index (χ1n) is 15.1. The fourth-order valence-electron chi connectivity index (χ4n) is 6.77. The van der Waals surface area contributed by atoms with E-state index in [0.29, 0.717) is 24.2 Å².